The number of hydrogen-bond donors (Lipinski definition) is 0. The Labute approximate surface area is 325 Å². The van der Waals surface area contributed by atoms with Crippen LogP contribution in [0.1, 0.15) is 96.9 Å². The van der Waals surface area contributed by atoms with Crippen molar-refractivity contribution in [2.24, 2.45) is 20.0 Å². The molecule has 4 atom stereocenters. The Bertz CT molecular complexity index is 1760. The van der Waals surface area contributed by atoms with Gasteiger partial charge in [0.2, 0.25) is 0 Å². The maximum atomic E-state index is 4.62. The largest absolute Gasteiger partial charge is 2.00 e. The average Bonchev–Trinajstić information content (AvgIpc) is 3.22. The van der Waals surface area contributed by atoms with E-state index in [-0.39, 0.29) is 41.2 Å². The number of benzene rings is 4. The van der Waals surface area contributed by atoms with E-state index < -0.39 is 0 Å². The van der Waals surface area contributed by atoms with Crippen LogP contribution < -0.4 is 0 Å². The zero-order valence-corrected chi connectivity index (χ0v) is 31.8. The summed E-state index contributed by atoms with van der Waals surface area (Å²) in [6.45, 7) is 8.33. The van der Waals surface area contributed by atoms with Gasteiger partial charge in [0.05, 0.1) is 46.9 Å². The molecular weight excluding hydrogens is 692 g/mol. The minimum Gasteiger partial charge on any atom is -0.283 e. The Balaban J connectivity index is 0.000000232. The van der Waals surface area contributed by atoms with Crippen molar-refractivity contribution in [2.45, 2.75) is 51.9 Å². The molecule has 0 N–H and O–H groups in total. The first-order chi connectivity index (χ1) is 25.4. The number of aromatic nitrogens is 2. The molecule has 0 unspecified atom stereocenters. The molecule has 6 aromatic rings. The number of rotatable bonds is 12. The summed E-state index contributed by atoms with van der Waals surface area (Å²) in [7, 11) is 0. The van der Waals surface area contributed by atoms with E-state index in [1.165, 1.54) is 22.3 Å². The van der Waals surface area contributed by atoms with Crippen molar-refractivity contribution >= 4 is 24.9 Å². The van der Waals surface area contributed by atoms with Gasteiger partial charge in [0, 0.05) is 24.9 Å². The summed E-state index contributed by atoms with van der Waals surface area (Å²) >= 11 is 0. The fourth-order valence-electron chi connectivity index (χ4n) is 5.25. The Morgan fingerprint density at radius 1 is 0.321 bits per heavy atom. The molecule has 0 aliphatic heterocycles. The van der Waals surface area contributed by atoms with E-state index in [4.69, 9.17) is 0 Å². The van der Waals surface area contributed by atoms with Gasteiger partial charge in [0.1, 0.15) is 0 Å². The summed E-state index contributed by atoms with van der Waals surface area (Å²) in [5.74, 6) is 0. The zero-order valence-electron chi connectivity index (χ0n) is 30.7. The predicted octanol–water partition coefficient (Wildman–Crippen LogP) is 10.9. The number of pyridine rings is 2. The molecular formula is C46H46FeN6+2. The molecule has 0 saturated carbocycles. The van der Waals surface area contributed by atoms with E-state index in [0.29, 0.717) is 0 Å². The van der Waals surface area contributed by atoms with E-state index in [1.807, 2.05) is 134 Å². The zero-order chi connectivity index (χ0) is 36.4. The second-order valence-electron chi connectivity index (χ2n) is 12.4. The molecule has 0 fully saturated rings. The topological polar surface area (TPSA) is 75.2 Å². The summed E-state index contributed by atoms with van der Waals surface area (Å²) in [5, 5.41) is 0. The Kier molecular flexibility index (Phi) is 16.4. The first kappa shape index (κ1) is 40.2. The van der Waals surface area contributed by atoms with Crippen LogP contribution in [-0.2, 0) is 17.1 Å². The second-order valence-corrected chi connectivity index (χ2v) is 12.4. The van der Waals surface area contributed by atoms with Gasteiger partial charge in [0.15, 0.2) is 0 Å². The van der Waals surface area contributed by atoms with Crippen molar-refractivity contribution in [3.8, 4) is 0 Å². The normalized spacial score (nSPS) is 13.7. The average molecular weight is 739 g/mol. The smallest absolute Gasteiger partial charge is 0.283 e. The van der Waals surface area contributed by atoms with Gasteiger partial charge in [-0.25, -0.2) is 9.97 Å². The van der Waals surface area contributed by atoms with Gasteiger partial charge in [-0.2, -0.15) is 0 Å². The van der Waals surface area contributed by atoms with Crippen LogP contribution in [0, 0.1) is 0 Å². The van der Waals surface area contributed by atoms with Crippen molar-refractivity contribution < 1.29 is 17.1 Å². The van der Waals surface area contributed by atoms with E-state index in [1.54, 1.807) is 0 Å². The van der Waals surface area contributed by atoms with Crippen molar-refractivity contribution in [1.29, 1.82) is 0 Å². The summed E-state index contributed by atoms with van der Waals surface area (Å²) in [6, 6.07) is 53.2. The number of nitrogens with zero attached hydrogens (tertiary/aromatic N) is 6. The fraction of sp³-hybridized carbons (Fsp3) is 0.174. The monoisotopic (exact) mass is 738 g/mol. The molecule has 0 aliphatic carbocycles. The summed E-state index contributed by atoms with van der Waals surface area (Å²) < 4.78 is 0. The number of hydrogen-bond acceptors (Lipinski definition) is 6. The van der Waals surface area contributed by atoms with Crippen molar-refractivity contribution in [2.75, 3.05) is 0 Å². The molecule has 0 amide bonds. The standard InChI is InChI=1S/2C23H23N3.Fe/c2*1-18(20-10-5-3-6-11-20)24-16-22-14-9-15-23(26-22)17-25-19(2)21-12-7-4-8-13-21;/h2*3-19H,1-2H3;/q;;+2/t2*18-,19-;/m11./s1. The molecule has 6 nitrogen and oxygen atoms in total. The second kappa shape index (κ2) is 21.7. The summed E-state index contributed by atoms with van der Waals surface area (Å²) in [6.07, 6.45) is 7.32. The SMILES string of the molecule is C[C@@H](N=Cc1cccc(C=N[C@H](C)c2ccccc2)n1)c1ccccc1.C[C@@H](N=Cc1cccc(C=N[C@H](C)c2ccccc2)n1)c1ccccc1.[Fe+2]. The first-order valence-electron chi connectivity index (χ1n) is 17.7. The van der Waals surface area contributed by atoms with Crippen molar-refractivity contribution in [1.82, 2.24) is 9.97 Å². The van der Waals surface area contributed by atoms with Crippen LogP contribution in [0.4, 0.5) is 0 Å². The molecule has 0 spiro atoms. The van der Waals surface area contributed by atoms with Crippen LogP contribution in [0.3, 0.4) is 0 Å². The Morgan fingerprint density at radius 3 is 0.736 bits per heavy atom. The molecule has 2 heterocycles. The van der Waals surface area contributed by atoms with Gasteiger partial charge >= 0.3 is 17.1 Å². The molecule has 6 rings (SSSR count). The molecule has 266 valence electrons. The van der Waals surface area contributed by atoms with Gasteiger partial charge in [-0.3, -0.25) is 20.0 Å². The minimum absolute atomic E-state index is 0. The Morgan fingerprint density at radius 2 is 0.528 bits per heavy atom. The Hall–Kier alpha value is -5.62. The van der Waals surface area contributed by atoms with Crippen molar-refractivity contribution in [3.05, 3.63) is 203 Å². The van der Waals surface area contributed by atoms with Gasteiger partial charge in [-0.05, 0) is 74.2 Å². The summed E-state index contributed by atoms with van der Waals surface area (Å²) in [4.78, 5) is 27.7. The van der Waals surface area contributed by atoms with Crippen LogP contribution in [-0.4, -0.2) is 34.8 Å². The van der Waals surface area contributed by atoms with E-state index >= 15 is 0 Å². The van der Waals surface area contributed by atoms with Gasteiger partial charge in [0.25, 0.3) is 0 Å². The maximum Gasteiger partial charge on any atom is 2.00 e. The van der Waals surface area contributed by atoms with Crippen LogP contribution in [0.15, 0.2) is 178 Å². The molecule has 53 heavy (non-hydrogen) atoms. The van der Waals surface area contributed by atoms with Crippen molar-refractivity contribution in [3.63, 3.8) is 0 Å². The van der Waals surface area contributed by atoms with Crippen LogP contribution in [0.25, 0.3) is 0 Å². The quantitative estimate of drug-likeness (QED) is 0.0926. The van der Waals surface area contributed by atoms with Gasteiger partial charge < -0.3 is 0 Å². The third kappa shape index (κ3) is 13.5. The van der Waals surface area contributed by atoms with Gasteiger partial charge in [-0.15, -0.1) is 0 Å². The molecule has 4 aromatic carbocycles. The van der Waals surface area contributed by atoms with Crippen LogP contribution >= 0.6 is 0 Å². The van der Waals surface area contributed by atoms with E-state index in [0.717, 1.165) is 22.8 Å². The molecule has 2 aromatic heterocycles. The maximum absolute atomic E-state index is 4.62. The van der Waals surface area contributed by atoms with Crippen LogP contribution in [0.2, 0.25) is 0 Å². The molecule has 0 radical (unpaired) electrons. The fourth-order valence-corrected chi connectivity index (χ4v) is 5.25. The van der Waals surface area contributed by atoms with Crippen LogP contribution in [0.5, 0.6) is 0 Å². The van der Waals surface area contributed by atoms with Gasteiger partial charge in [-0.1, -0.05) is 133 Å². The summed E-state index contributed by atoms with van der Waals surface area (Å²) in [5.41, 5.74) is 8.12. The molecule has 0 saturated heterocycles. The third-order valence-electron chi connectivity index (χ3n) is 8.43. The third-order valence-corrected chi connectivity index (χ3v) is 8.43. The predicted molar refractivity (Wildman–Crippen MR) is 218 cm³/mol. The first-order valence-corrected chi connectivity index (χ1v) is 17.7. The van der Waals surface area contributed by atoms with E-state index in [9.17, 15) is 0 Å². The molecule has 0 bridgehead atoms. The number of aliphatic imine (C=N–C) groups is 4. The minimum atomic E-state index is 0. The molecule has 7 heteroatoms. The van der Waals surface area contributed by atoms with E-state index in [2.05, 4.69) is 106 Å². The molecule has 0 aliphatic rings.